The van der Waals surface area contributed by atoms with Crippen molar-refractivity contribution >= 4 is 0 Å². The molecular weight excluding hydrogens is 214 g/mol. The molecule has 90 valence electrons. The molecule has 0 radical (unpaired) electrons. The van der Waals surface area contributed by atoms with E-state index in [-0.39, 0.29) is 0 Å². The molecule has 0 bridgehead atoms. The first-order valence-corrected chi connectivity index (χ1v) is 6.11. The lowest BCUT2D eigenvalue weighted by atomic mass is 10.1. The van der Waals surface area contributed by atoms with Crippen molar-refractivity contribution in [1.29, 1.82) is 0 Å². The maximum atomic E-state index is 4.28. The number of imidazole rings is 2. The highest BCUT2D eigenvalue weighted by Gasteiger charge is 2.19. The number of nitrogens with zero attached hydrogens (tertiary/aromatic N) is 3. The minimum atomic E-state index is 0.624. The van der Waals surface area contributed by atoms with Crippen LogP contribution in [-0.2, 0) is 13.0 Å². The Balaban J connectivity index is 1.68. The predicted molar refractivity (Wildman–Crippen MR) is 64.7 cm³/mol. The normalized spacial score (nSPS) is 19.9. The molecule has 1 atom stereocenters. The van der Waals surface area contributed by atoms with Crippen LogP contribution in [0.25, 0.3) is 0 Å². The zero-order valence-corrected chi connectivity index (χ0v) is 9.76. The van der Waals surface area contributed by atoms with E-state index in [1.807, 2.05) is 18.7 Å². The van der Waals surface area contributed by atoms with Crippen molar-refractivity contribution < 1.29 is 0 Å². The fourth-order valence-electron chi connectivity index (χ4n) is 2.43. The monoisotopic (exact) mass is 231 g/mol. The summed E-state index contributed by atoms with van der Waals surface area (Å²) in [5, 5.41) is 3.40. The van der Waals surface area contributed by atoms with Crippen molar-refractivity contribution in [2.75, 3.05) is 13.1 Å². The first-order valence-electron chi connectivity index (χ1n) is 6.11. The van der Waals surface area contributed by atoms with Crippen LogP contribution in [0.5, 0.6) is 0 Å². The fourth-order valence-corrected chi connectivity index (χ4v) is 2.43. The van der Waals surface area contributed by atoms with E-state index in [1.165, 1.54) is 17.8 Å². The van der Waals surface area contributed by atoms with Crippen LogP contribution in [-0.4, -0.2) is 32.6 Å². The smallest absolute Gasteiger partial charge is 0.0948 e. The van der Waals surface area contributed by atoms with E-state index in [0.717, 1.165) is 26.1 Å². The highest BCUT2D eigenvalue weighted by Crippen LogP contribution is 2.21. The number of H-pyrrole nitrogens is 1. The van der Waals surface area contributed by atoms with Gasteiger partial charge in [0.25, 0.3) is 0 Å². The van der Waals surface area contributed by atoms with Gasteiger partial charge in [-0.2, -0.15) is 0 Å². The zero-order valence-electron chi connectivity index (χ0n) is 9.76. The average Bonchev–Trinajstić information content (AvgIpc) is 3.09. The third-order valence-electron chi connectivity index (χ3n) is 3.40. The maximum absolute atomic E-state index is 4.28. The molecule has 1 saturated heterocycles. The number of aromatic amines is 1. The zero-order chi connectivity index (χ0) is 11.5. The minimum Gasteiger partial charge on any atom is -0.348 e. The van der Waals surface area contributed by atoms with E-state index in [4.69, 9.17) is 0 Å². The molecule has 3 heterocycles. The third-order valence-corrected chi connectivity index (χ3v) is 3.40. The van der Waals surface area contributed by atoms with Crippen LogP contribution in [0.4, 0.5) is 0 Å². The number of rotatable bonds is 4. The van der Waals surface area contributed by atoms with Crippen molar-refractivity contribution in [3.8, 4) is 0 Å². The van der Waals surface area contributed by atoms with Gasteiger partial charge in [-0.15, -0.1) is 0 Å². The van der Waals surface area contributed by atoms with Gasteiger partial charge in [-0.3, -0.25) is 0 Å². The molecule has 0 aromatic carbocycles. The Kier molecular flexibility index (Phi) is 2.92. The molecule has 5 heteroatoms. The second-order valence-electron chi connectivity index (χ2n) is 4.53. The quantitative estimate of drug-likeness (QED) is 0.823. The third kappa shape index (κ3) is 2.24. The van der Waals surface area contributed by atoms with Gasteiger partial charge in [0.15, 0.2) is 0 Å². The van der Waals surface area contributed by atoms with Gasteiger partial charge in [-0.1, -0.05) is 0 Å². The van der Waals surface area contributed by atoms with E-state index in [9.17, 15) is 0 Å². The lowest BCUT2D eigenvalue weighted by Gasteiger charge is -2.12. The van der Waals surface area contributed by atoms with Gasteiger partial charge < -0.3 is 14.9 Å². The molecule has 1 aliphatic heterocycles. The standard InChI is InChI=1S/C12H17N5/c1-3-13-5-10(1)12-7-15-9-17(12)4-2-11-6-14-8-16-11/h6-10,13H,1-5H2,(H,14,16). The van der Waals surface area contributed by atoms with Crippen molar-refractivity contribution in [3.63, 3.8) is 0 Å². The Labute approximate surface area is 100 Å². The Morgan fingerprint density at radius 3 is 3.12 bits per heavy atom. The molecule has 2 aromatic rings. The summed E-state index contributed by atoms with van der Waals surface area (Å²) in [6.45, 7) is 3.17. The Bertz CT molecular complexity index is 453. The second kappa shape index (κ2) is 4.71. The van der Waals surface area contributed by atoms with E-state index in [2.05, 4.69) is 24.8 Å². The van der Waals surface area contributed by atoms with Crippen molar-refractivity contribution in [2.45, 2.75) is 25.3 Å². The number of aryl methyl sites for hydroxylation is 2. The molecule has 17 heavy (non-hydrogen) atoms. The molecular formula is C12H17N5. The van der Waals surface area contributed by atoms with Crippen molar-refractivity contribution in [1.82, 2.24) is 24.8 Å². The van der Waals surface area contributed by atoms with Crippen molar-refractivity contribution in [2.24, 2.45) is 0 Å². The second-order valence-corrected chi connectivity index (χ2v) is 4.53. The maximum Gasteiger partial charge on any atom is 0.0948 e. The highest BCUT2D eigenvalue weighted by atomic mass is 15.1. The molecule has 0 saturated carbocycles. The first kappa shape index (κ1) is 10.5. The lowest BCUT2D eigenvalue weighted by molar-refractivity contribution is 0.609. The summed E-state index contributed by atoms with van der Waals surface area (Å²) in [4.78, 5) is 11.4. The fraction of sp³-hybridized carbons (Fsp3) is 0.500. The van der Waals surface area contributed by atoms with Crippen LogP contribution < -0.4 is 5.32 Å². The summed E-state index contributed by atoms with van der Waals surface area (Å²) < 4.78 is 2.26. The average molecular weight is 231 g/mol. The van der Waals surface area contributed by atoms with Crippen LogP contribution >= 0.6 is 0 Å². The molecule has 0 aliphatic carbocycles. The molecule has 2 aromatic heterocycles. The molecule has 0 spiro atoms. The number of hydrogen-bond donors (Lipinski definition) is 2. The number of hydrogen-bond acceptors (Lipinski definition) is 3. The van der Waals surface area contributed by atoms with Gasteiger partial charge in [0.05, 0.1) is 12.7 Å². The first-order chi connectivity index (χ1) is 8.43. The number of nitrogens with one attached hydrogen (secondary N) is 2. The predicted octanol–water partition coefficient (Wildman–Crippen LogP) is 0.926. The molecule has 0 amide bonds. The van der Waals surface area contributed by atoms with Gasteiger partial charge in [0, 0.05) is 49.2 Å². The topological polar surface area (TPSA) is 58.5 Å². The minimum absolute atomic E-state index is 0.624. The van der Waals surface area contributed by atoms with Gasteiger partial charge in [-0.25, -0.2) is 9.97 Å². The van der Waals surface area contributed by atoms with Crippen LogP contribution in [0.2, 0.25) is 0 Å². The lowest BCUT2D eigenvalue weighted by Crippen LogP contribution is -2.12. The summed E-state index contributed by atoms with van der Waals surface area (Å²) >= 11 is 0. The van der Waals surface area contributed by atoms with Gasteiger partial charge >= 0.3 is 0 Å². The van der Waals surface area contributed by atoms with Gasteiger partial charge in [0.2, 0.25) is 0 Å². The summed E-state index contributed by atoms with van der Waals surface area (Å²) in [7, 11) is 0. The highest BCUT2D eigenvalue weighted by molar-refractivity contribution is 5.09. The Hall–Kier alpha value is -1.62. The van der Waals surface area contributed by atoms with Gasteiger partial charge in [0.1, 0.15) is 0 Å². The molecule has 5 nitrogen and oxygen atoms in total. The molecule has 1 aliphatic rings. The van der Waals surface area contributed by atoms with Crippen LogP contribution in [0.15, 0.2) is 25.0 Å². The van der Waals surface area contributed by atoms with Crippen LogP contribution in [0.1, 0.15) is 23.7 Å². The molecule has 1 fully saturated rings. The van der Waals surface area contributed by atoms with Crippen molar-refractivity contribution in [3.05, 3.63) is 36.4 Å². The van der Waals surface area contributed by atoms with Crippen LogP contribution in [0, 0.1) is 0 Å². The Morgan fingerprint density at radius 2 is 2.35 bits per heavy atom. The summed E-state index contributed by atoms with van der Waals surface area (Å²) in [5.41, 5.74) is 2.53. The van der Waals surface area contributed by atoms with E-state index >= 15 is 0 Å². The SMILES string of the molecule is c1ncc(CCn2cncc2C2CCNC2)[nH]1. The summed E-state index contributed by atoms with van der Waals surface area (Å²) in [6.07, 6.45) is 9.74. The van der Waals surface area contributed by atoms with E-state index in [0.29, 0.717) is 5.92 Å². The molecule has 1 unspecified atom stereocenters. The molecule has 2 N–H and O–H groups in total. The van der Waals surface area contributed by atoms with Gasteiger partial charge in [-0.05, 0) is 13.0 Å². The Morgan fingerprint density at radius 1 is 1.35 bits per heavy atom. The summed E-state index contributed by atoms with van der Waals surface area (Å²) in [5.74, 6) is 0.624. The number of aromatic nitrogens is 4. The summed E-state index contributed by atoms with van der Waals surface area (Å²) in [6, 6.07) is 0. The molecule has 3 rings (SSSR count). The largest absolute Gasteiger partial charge is 0.348 e. The van der Waals surface area contributed by atoms with E-state index in [1.54, 1.807) is 6.33 Å². The van der Waals surface area contributed by atoms with Crippen LogP contribution in [0.3, 0.4) is 0 Å². The van der Waals surface area contributed by atoms with E-state index < -0.39 is 0 Å².